The lowest BCUT2D eigenvalue weighted by atomic mass is 10.2. The molecule has 0 saturated carbocycles. The summed E-state index contributed by atoms with van der Waals surface area (Å²) in [6.07, 6.45) is 0. The second-order valence-electron chi connectivity index (χ2n) is 8.73. The van der Waals surface area contributed by atoms with Gasteiger partial charge in [-0.05, 0) is 62.4 Å². The smallest absolute Gasteiger partial charge is 0.264 e. The van der Waals surface area contributed by atoms with Gasteiger partial charge in [0.25, 0.3) is 10.0 Å². The summed E-state index contributed by atoms with van der Waals surface area (Å²) in [7, 11) is -2.28. The number of rotatable bonds is 7. The van der Waals surface area contributed by atoms with Crippen LogP contribution in [-0.2, 0) is 14.8 Å². The summed E-state index contributed by atoms with van der Waals surface area (Å²) in [5, 5.41) is 0. The Morgan fingerprint density at radius 2 is 1.37 bits per heavy atom. The van der Waals surface area contributed by atoms with Crippen molar-refractivity contribution in [1.29, 1.82) is 0 Å². The first-order valence-corrected chi connectivity index (χ1v) is 13.0. The number of hydrogen-bond donors (Lipinski definition) is 0. The van der Waals surface area contributed by atoms with Gasteiger partial charge < -0.3 is 14.5 Å². The number of hydrogen-bond acceptors (Lipinski definition) is 5. The van der Waals surface area contributed by atoms with Crippen molar-refractivity contribution in [2.45, 2.75) is 18.7 Å². The highest BCUT2D eigenvalue weighted by molar-refractivity contribution is 7.92. The van der Waals surface area contributed by atoms with Crippen LogP contribution in [0, 0.1) is 13.8 Å². The number of anilines is 2. The summed E-state index contributed by atoms with van der Waals surface area (Å²) in [4.78, 5) is 17.4. The van der Waals surface area contributed by atoms with Crippen molar-refractivity contribution < 1.29 is 17.9 Å². The maximum Gasteiger partial charge on any atom is 0.264 e. The number of methoxy groups -OCH3 is 1. The molecule has 1 heterocycles. The van der Waals surface area contributed by atoms with Crippen molar-refractivity contribution in [2.24, 2.45) is 0 Å². The molecule has 0 unspecified atom stereocenters. The van der Waals surface area contributed by atoms with Gasteiger partial charge in [0, 0.05) is 31.9 Å². The molecular weight excluding hydrogens is 462 g/mol. The number of carbonyl (C=O) groups is 1. The van der Waals surface area contributed by atoms with Gasteiger partial charge in [0.15, 0.2) is 0 Å². The minimum absolute atomic E-state index is 0.167. The van der Waals surface area contributed by atoms with Crippen molar-refractivity contribution >= 4 is 27.3 Å². The molecule has 0 atom stereocenters. The van der Waals surface area contributed by atoms with E-state index < -0.39 is 10.0 Å². The highest BCUT2D eigenvalue weighted by Crippen LogP contribution is 2.25. The van der Waals surface area contributed by atoms with Gasteiger partial charge in [0.05, 0.1) is 17.7 Å². The number of nitrogens with zero attached hydrogens (tertiary/aromatic N) is 3. The van der Waals surface area contributed by atoms with Gasteiger partial charge in [0.1, 0.15) is 12.3 Å². The van der Waals surface area contributed by atoms with Crippen LogP contribution >= 0.6 is 0 Å². The first kappa shape index (κ1) is 24.6. The lowest BCUT2D eigenvalue weighted by Gasteiger charge is -2.37. The number of benzene rings is 3. The Balaban J connectivity index is 1.50. The monoisotopic (exact) mass is 493 g/mol. The Bertz CT molecular complexity index is 1250. The fraction of sp³-hybridized carbons (Fsp3) is 0.296. The average Bonchev–Trinajstić information content (AvgIpc) is 2.88. The van der Waals surface area contributed by atoms with Crippen LogP contribution in [0.5, 0.6) is 5.75 Å². The van der Waals surface area contributed by atoms with E-state index in [1.165, 1.54) is 4.31 Å². The predicted molar refractivity (Wildman–Crippen MR) is 139 cm³/mol. The standard InChI is InChI=1S/C27H31N3O4S/c1-21-4-8-24(9-5-21)30(35(32,33)26-14-6-22(2)7-15-26)20-27(31)29-18-16-28(17-19-29)23-10-12-25(34-3)13-11-23/h4-15H,16-20H2,1-3H3. The molecule has 3 aromatic rings. The van der Waals surface area contributed by atoms with Crippen molar-refractivity contribution in [1.82, 2.24) is 4.90 Å². The van der Waals surface area contributed by atoms with E-state index in [1.54, 1.807) is 48.4 Å². The van der Waals surface area contributed by atoms with E-state index in [-0.39, 0.29) is 17.3 Å². The molecule has 0 aromatic heterocycles. The lowest BCUT2D eigenvalue weighted by Crippen LogP contribution is -2.52. The van der Waals surface area contributed by atoms with Gasteiger partial charge in [-0.1, -0.05) is 35.4 Å². The van der Waals surface area contributed by atoms with E-state index in [0.29, 0.717) is 31.9 Å². The van der Waals surface area contributed by atoms with Crippen LogP contribution in [-0.4, -0.2) is 59.1 Å². The lowest BCUT2D eigenvalue weighted by molar-refractivity contribution is -0.129. The van der Waals surface area contributed by atoms with Crippen LogP contribution in [0.3, 0.4) is 0 Å². The van der Waals surface area contributed by atoms with Crippen molar-refractivity contribution in [2.75, 3.05) is 49.0 Å². The molecule has 7 nitrogen and oxygen atoms in total. The van der Waals surface area contributed by atoms with Gasteiger partial charge in [-0.2, -0.15) is 0 Å². The summed E-state index contributed by atoms with van der Waals surface area (Å²) in [6, 6.07) is 21.7. The Kier molecular flexibility index (Phi) is 7.31. The SMILES string of the molecule is COc1ccc(N2CCN(C(=O)CN(c3ccc(C)cc3)S(=O)(=O)c3ccc(C)cc3)CC2)cc1. The topological polar surface area (TPSA) is 70.2 Å². The van der Waals surface area contributed by atoms with E-state index in [2.05, 4.69) is 4.90 Å². The molecule has 0 spiro atoms. The molecule has 0 aliphatic carbocycles. The summed E-state index contributed by atoms with van der Waals surface area (Å²) in [5.41, 5.74) is 3.53. The number of aryl methyl sites for hydroxylation is 2. The molecule has 184 valence electrons. The Morgan fingerprint density at radius 1 is 0.829 bits per heavy atom. The van der Waals surface area contributed by atoms with E-state index in [0.717, 1.165) is 22.6 Å². The second kappa shape index (κ2) is 10.4. The van der Waals surface area contributed by atoms with Crippen LogP contribution in [0.15, 0.2) is 77.7 Å². The number of sulfonamides is 1. The third kappa shape index (κ3) is 5.59. The highest BCUT2D eigenvalue weighted by atomic mass is 32.2. The van der Waals surface area contributed by atoms with Crippen LogP contribution < -0.4 is 13.9 Å². The van der Waals surface area contributed by atoms with Crippen molar-refractivity contribution in [3.8, 4) is 5.75 Å². The zero-order chi connectivity index (χ0) is 25.0. The number of piperazine rings is 1. The van der Waals surface area contributed by atoms with Crippen LogP contribution in [0.4, 0.5) is 11.4 Å². The summed E-state index contributed by atoms with van der Waals surface area (Å²) < 4.78 is 33.6. The van der Waals surface area contributed by atoms with Crippen LogP contribution in [0.25, 0.3) is 0 Å². The normalized spacial score (nSPS) is 14.0. The van der Waals surface area contributed by atoms with Gasteiger partial charge in [-0.3, -0.25) is 9.10 Å². The van der Waals surface area contributed by atoms with Gasteiger partial charge in [-0.15, -0.1) is 0 Å². The maximum absolute atomic E-state index is 13.6. The van der Waals surface area contributed by atoms with E-state index in [9.17, 15) is 13.2 Å². The first-order chi connectivity index (χ1) is 16.8. The number of ether oxygens (including phenoxy) is 1. The third-order valence-corrected chi connectivity index (χ3v) is 8.07. The molecule has 4 rings (SSSR count). The fourth-order valence-electron chi connectivity index (χ4n) is 4.09. The van der Waals surface area contributed by atoms with Gasteiger partial charge in [0.2, 0.25) is 5.91 Å². The molecule has 35 heavy (non-hydrogen) atoms. The molecular formula is C27H31N3O4S. The molecule has 1 saturated heterocycles. The van der Waals surface area contributed by atoms with Crippen LogP contribution in [0.1, 0.15) is 11.1 Å². The minimum Gasteiger partial charge on any atom is -0.497 e. The zero-order valence-corrected chi connectivity index (χ0v) is 21.2. The van der Waals surface area contributed by atoms with E-state index in [1.807, 2.05) is 50.2 Å². The zero-order valence-electron chi connectivity index (χ0n) is 20.3. The molecule has 1 amide bonds. The Labute approximate surface area is 207 Å². The largest absolute Gasteiger partial charge is 0.497 e. The van der Waals surface area contributed by atoms with Crippen LogP contribution in [0.2, 0.25) is 0 Å². The quantitative estimate of drug-likeness (QED) is 0.500. The molecule has 8 heteroatoms. The Hall–Kier alpha value is -3.52. The first-order valence-electron chi connectivity index (χ1n) is 11.6. The minimum atomic E-state index is -3.91. The van der Waals surface area contributed by atoms with Gasteiger partial charge in [-0.25, -0.2) is 8.42 Å². The summed E-state index contributed by atoms with van der Waals surface area (Å²) >= 11 is 0. The Morgan fingerprint density at radius 3 is 1.91 bits per heavy atom. The molecule has 1 aliphatic rings. The van der Waals surface area contributed by atoms with E-state index in [4.69, 9.17) is 4.74 Å². The average molecular weight is 494 g/mol. The van der Waals surface area contributed by atoms with Crippen molar-refractivity contribution in [3.63, 3.8) is 0 Å². The molecule has 1 fully saturated rings. The van der Waals surface area contributed by atoms with Gasteiger partial charge >= 0.3 is 0 Å². The van der Waals surface area contributed by atoms with Crippen molar-refractivity contribution in [3.05, 3.63) is 83.9 Å². The molecule has 0 N–H and O–H groups in total. The fourth-order valence-corrected chi connectivity index (χ4v) is 5.51. The second-order valence-corrected chi connectivity index (χ2v) is 10.6. The molecule has 1 aliphatic heterocycles. The predicted octanol–water partition coefficient (Wildman–Crippen LogP) is 3.86. The number of carbonyl (C=O) groups excluding carboxylic acids is 1. The molecule has 0 bridgehead atoms. The maximum atomic E-state index is 13.6. The molecule has 3 aromatic carbocycles. The number of amides is 1. The summed E-state index contributed by atoms with van der Waals surface area (Å²) in [6.45, 7) is 6.00. The highest BCUT2D eigenvalue weighted by Gasteiger charge is 2.30. The van der Waals surface area contributed by atoms with E-state index >= 15 is 0 Å². The third-order valence-electron chi connectivity index (χ3n) is 6.28. The summed E-state index contributed by atoms with van der Waals surface area (Å²) in [5.74, 6) is 0.587. The molecule has 0 radical (unpaired) electrons.